The number of H-pyrrole nitrogens is 1. The molecule has 0 saturated heterocycles. The molecule has 2 aromatic rings. The lowest BCUT2D eigenvalue weighted by Gasteiger charge is -1.96. The molecule has 0 saturated carbocycles. The summed E-state index contributed by atoms with van der Waals surface area (Å²) in [5.41, 5.74) is 0.784. The van der Waals surface area contributed by atoms with Crippen LogP contribution in [0.2, 0.25) is 5.02 Å². The molecule has 2 N–H and O–H groups in total. The Bertz CT molecular complexity index is 394. The number of hydrogen-bond acceptors (Lipinski definition) is 1. The first-order chi connectivity index (χ1) is 5.29. The van der Waals surface area contributed by atoms with Gasteiger partial charge in [0.05, 0.1) is 5.52 Å². The number of hydrogen-bond donors (Lipinski definition) is 2. The smallest absolute Gasteiger partial charge is 0.136 e. The number of phenols is 1. The highest BCUT2D eigenvalue weighted by Crippen LogP contribution is 2.30. The summed E-state index contributed by atoms with van der Waals surface area (Å²) in [5.74, 6) is 0.113. The number of phenolic OH excluding ortho intramolecular Hbond substituents is 1. The number of aromatic nitrogens is 1. The zero-order chi connectivity index (χ0) is 7.84. The minimum absolute atomic E-state index is 0.113. The summed E-state index contributed by atoms with van der Waals surface area (Å²) >= 11 is 5.79. The van der Waals surface area contributed by atoms with Gasteiger partial charge in [-0.25, -0.2) is 0 Å². The first-order valence-corrected chi connectivity index (χ1v) is 3.61. The van der Waals surface area contributed by atoms with E-state index in [1.807, 2.05) is 12.1 Å². The molecule has 3 heteroatoms. The van der Waals surface area contributed by atoms with Gasteiger partial charge in [0.1, 0.15) is 10.8 Å². The van der Waals surface area contributed by atoms with Crippen molar-refractivity contribution in [3.63, 3.8) is 0 Å². The maximum Gasteiger partial charge on any atom is 0.136 e. The normalized spacial score (nSPS) is 10.6. The average molecular weight is 168 g/mol. The summed E-state index contributed by atoms with van der Waals surface area (Å²) in [4.78, 5) is 2.94. The zero-order valence-electron chi connectivity index (χ0n) is 5.63. The first-order valence-electron chi connectivity index (χ1n) is 3.23. The van der Waals surface area contributed by atoms with Gasteiger partial charge in [-0.15, -0.1) is 0 Å². The van der Waals surface area contributed by atoms with E-state index in [1.165, 1.54) is 0 Å². The van der Waals surface area contributed by atoms with Crippen LogP contribution in [-0.2, 0) is 0 Å². The van der Waals surface area contributed by atoms with Crippen molar-refractivity contribution in [1.29, 1.82) is 0 Å². The molecule has 0 radical (unpaired) electrons. The van der Waals surface area contributed by atoms with Crippen LogP contribution in [-0.4, -0.2) is 10.1 Å². The standard InChI is InChI=1S/C8H6ClNO/c9-7-6(11)2-1-5-3-4-10-8(5)7/h1-4,10-11H. The van der Waals surface area contributed by atoms with Gasteiger partial charge < -0.3 is 10.1 Å². The zero-order valence-corrected chi connectivity index (χ0v) is 6.39. The van der Waals surface area contributed by atoms with E-state index in [4.69, 9.17) is 11.6 Å². The summed E-state index contributed by atoms with van der Waals surface area (Å²) in [5, 5.41) is 10.6. The third-order valence-electron chi connectivity index (χ3n) is 1.64. The van der Waals surface area contributed by atoms with E-state index in [0.29, 0.717) is 5.02 Å². The Morgan fingerprint density at radius 2 is 2.09 bits per heavy atom. The molecule has 11 heavy (non-hydrogen) atoms. The molecule has 0 amide bonds. The van der Waals surface area contributed by atoms with E-state index in [0.717, 1.165) is 10.9 Å². The van der Waals surface area contributed by atoms with Gasteiger partial charge >= 0.3 is 0 Å². The van der Waals surface area contributed by atoms with Crippen molar-refractivity contribution in [3.8, 4) is 5.75 Å². The van der Waals surface area contributed by atoms with Gasteiger partial charge in [-0.05, 0) is 18.2 Å². The predicted molar refractivity (Wildman–Crippen MR) is 45.0 cm³/mol. The molecule has 56 valence electrons. The van der Waals surface area contributed by atoms with Gasteiger partial charge in [0, 0.05) is 11.6 Å². The fraction of sp³-hybridized carbons (Fsp3) is 0. The molecule has 0 aliphatic carbocycles. The molecular weight excluding hydrogens is 162 g/mol. The molecule has 2 nitrogen and oxygen atoms in total. The number of fused-ring (bicyclic) bond motifs is 1. The van der Waals surface area contributed by atoms with Crippen LogP contribution in [0.15, 0.2) is 24.4 Å². The number of aromatic hydroxyl groups is 1. The Balaban J connectivity index is 2.93. The van der Waals surface area contributed by atoms with Crippen LogP contribution in [0.1, 0.15) is 0 Å². The Hall–Kier alpha value is -1.15. The summed E-state index contributed by atoms with van der Waals surface area (Å²) in [6, 6.07) is 5.30. The van der Waals surface area contributed by atoms with E-state index in [-0.39, 0.29) is 5.75 Å². The van der Waals surface area contributed by atoms with E-state index >= 15 is 0 Å². The van der Waals surface area contributed by atoms with Crippen molar-refractivity contribution < 1.29 is 5.11 Å². The lowest BCUT2D eigenvalue weighted by molar-refractivity contribution is 0.476. The molecule has 0 unspecified atom stereocenters. The van der Waals surface area contributed by atoms with E-state index in [9.17, 15) is 5.11 Å². The largest absolute Gasteiger partial charge is 0.506 e. The Morgan fingerprint density at radius 3 is 2.91 bits per heavy atom. The maximum atomic E-state index is 9.18. The Morgan fingerprint density at radius 1 is 1.27 bits per heavy atom. The first kappa shape index (κ1) is 6.55. The van der Waals surface area contributed by atoms with E-state index in [1.54, 1.807) is 12.3 Å². The molecule has 0 atom stereocenters. The molecule has 0 spiro atoms. The average Bonchev–Trinajstić information content (AvgIpc) is 2.45. The second-order valence-electron chi connectivity index (χ2n) is 2.34. The van der Waals surface area contributed by atoms with Gasteiger partial charge in [0.25, 0.3) is 0 Å². The number of nitrogens with one attached hydrogen (secondary N) is 1. The third kappa shape index (κ3) is 0.870. The van der Waals surface area contributed by atoms with Gasteiger partial charge in [-0.3, -0.25) is 0 Å². The van der Waals surface area contributed by atoms with Crippen LogP contribution in [0, 0.1) is 0 Å². The quantitative estimate of drug-likeness (QED) is 0.622. The van der Waals surface area contributed by atoms with Crippen molar-refractivity contribution in [3.05, 3.63) is 29.4 Å². The number of benzene rings is 1. The SMILES string of the molecule is Oc1ccc2cc[nH]c2c1Cl. The predicted octanol–water partition coefficient (Wildman–Crippen LogP) is 2.53. The Labute approximate surface area is 68.4 Å². The molecule has 1 aromatic heterocycles. The summed E-state index contributed by atoms with van der Waals surface area (Å²) < 4.78 is 0. The van der Waals surface area contributed by atoms with Gasteiger partial charge in [0.2, 0.25) is 0 Å². The minimum atomic E-state index is 0.113. The van der Waals surface area contributed by atoms with Crippen molar-refractivity contribution in [2.24, 2.45) is 0 Å². The van der Waals surface area contributed by atoms with E-state index < -0.39 is 0 Å². The second-order valence-corrected chi connectivity index (χ2v) is 2.72. The van der Waals surface area contributed by atoms with Crippen molar-refractivity contribution in [2.75, 3.05) is 0 Å². The molecule has 0 aliphatic rings. The molecule has 0 bridgehead atoms. The molecule has 0 aliphatic heterocycles. The lowest BCUT2D eigenvalue weighted by atomic mass is 10.2. The molecular formula is C8H6ClNO. The molecule has 1 heterocycles. The van der Waals surface area contributed by atoms with E-state index in [2.05, 4.69) is 4.98 Å². The fourth-order valence-electron chi connectivity index (χ4n) is 1.08. The number of aromatic amines is 1. The van der Waals surface area contributed by atoms with Gasteiger partial charge in [-0.1, -0.05) is 11.6 Å². The third-order valence-corrected chi connectivity index (χ3v) is 2.03. The summed E-state index contributed by atoms with van der Waals surface area (Å²) in [6.07, 6.45) is 1.79. The Kier molecular flexibility index (Phi) is 1.29. The molecule has 0 fully saturated rings. The molecule has 2 rings (SSSR count). The lowest BCUT2D eigenvalue weighted by Crippen LogP contribution is -1.71. The monoisotopic (exact) mass is 167 g/mol. The van der Waals surface area contributed by atoms with Gasteiger partial charge in [0.15, 0.2) is 0 Å². The molecule has 1 aromatic carbocycles. The highest BCUT2D eigenvalue weighted by Gasteiger charge is 2.03. The fourth-order valence-corrected chi connectivity index (χ4v) is 1.31. The van der Waals surface area contributed by atoms with Crippen LogP contribution in [0.4, 0.5) is 0 Å². The van der Waals surface area contributed by atoms with Crippen LogP contribution < -0.4 is 0 Å². The van der Waals surface area contributed by atoms with Crippen LogP contribution >= 0.6 is 11.6 Å². The summed E-state index contributed by atoms with van der Waals surface area (Å²) in [6.45, 7) is 0. The highest BCUT2D eigenvalue weighted by molar-refractivity contribution is 6.36. The number of rotatable bonds is 0. The second kappa shape index (κ2) is 2.17. The van der Waals surface area contributed by atoms with Gasteiger partial charge in [-0.2, -0.15) is 0 Å². The van der Waals surface area contributed by atoms with Crippen LogP contribution in [0.5, 0.6) is 5.75 Å². The van der Waals surface area contributed by atoms with Crippen LogP contribution in [0.25, 0.3) is 10.9 Å². The maximum absolute atomic E-state index is 9.18. The highest BCUT2D eigenvalue weighted by atomic mass is 35.5. The minimum Gasteiger partial charge on any atom is -0.506 e. The van der Waals surface area contributed by atoms with Crippen LogP contribution in [0.3, 0.4) is 0 Å². The van der Waals surface area contributed by atoms with Crippen molar-refractivity contribution >= 4 is 22.5 Å². The van der Waals surface area contributed by atoms with Crippen molar-refractivity contribution in [2.45, 2.75) is 0 Å². The van der Waals surface area contributed by atoms with Crippen molar-refractivity contribution in [1.82, 2.24) is 4.98 Å². The topological polar surface area (TPSA) is 36.0 Å². The summed E-state index contributed by atoms with van der Waals surface area (Å²) in [7, 11) is 0. The number of halogens is 1.